The third kappa shape index (κ3) is 3.77. The number of piperazine rings is 1. The van der Waals surface area contributed by atoms with Crippen LogP contribution in [0.5, 0.6) is 0 Å². The van der Waals surface area contributed by atoms with E-state index in [9.17, 15) is 14.0 Å². The number of hydrogen-bond donors (Lipinski definition) is 3. The van der Waals surface area contributed by atoms with Gasteiger partial charge in [-0.2, -0.15) is 0 Å². The molecule has 0 saturated carbocycles. The van der Waals surface area contributed by atoms with Gasteiger partial charge < -0.3 is 20.2 Å². The van der Waals surface area contributed by atoms with Crippen molar-refractivity contribution in [1.82, 2.24) is 14.9 Å². The van der Waals surface area contributed by atoms with E-state index >= 15 is 0 Å². The minimum Gasteiger partial charge on any atom is -0.369 e. The monoisotopic (exact) mass is 383 g/mol. The molecule has 7 nitrogen and oxygen atoms in total. The number of nitrogens with zero attached hydrogens (tertiary/aromatic N) is 2. The van der Waals surface area contributed by atoms with Crippen LogP contribution >= 0.6 is 0 Å². The number of carbonyl (C=O) groups is 1. The Labute approximate surface area is 161 Å². The Bertz CT molecular complexity index is 1030. The fourth-order valence-corrected chi connectivity index (χ4v) is 3.54. The largest absolute Gasteiger partial charge is 0.369 e. The number of imidazole rings is 1. The van der Waals surface area contributed by atoms with Crippen LogP contribution in [-0.4, -0.2) is 53.0 Å². The molecule has 0 bridgehead atoms. The second-order valence-corrected chi connectivity index (χ2v) is 7.00. The maximum Gasteiger partial charge on any atom is 0.323 e. The molecule has 1 atom stereocenters. The Morgan fingerprint density at radius 3 is 2.43 bits per heavy atom. The van der Waals surface area contributed by atoms with Crippen molar-refractivity contribution in [2.24, 2.45) is 0 Å². The van der Waals surface area contributed by atoms with Crippen molar-refractivity contribution in [1.29, 1.82) is 0 Å². The predicted octanol–water partition coefficient (Wildman–Crippen LogP) is 2.14. The fraction of sp³-hybridized carbons (Fsp3) is 0.300. The summed E-state index contributed by atoms with van der Waals surface area (Å²) in [5.74, 6) is -0.331. The zero-order chi connectivity index (χ0) is 19.7. The molecular weight excluding hydrogens is 361 g/mol. The second-order valence-electron chi connectivity index (χ2n) is 7.00. The molecule has 28 heavy (non-hydrogen) atoms. The van der Waals surface area contributed by atoms with Crippen LogP contribution in [0.3, 0.4) is 0 Å². The van der Waals surface area contributed by atoms with Gasteiger partial charge in [0.1, 0.15) is 5.82 Å². The molecule has 1 aromatic heterocycles. The predicted molar refractivity (Wildman–Crippen MR) is 107 cm³/mol. The van der Waals surface area contributed by atoms with Gasteiger partial charge in [0.05, 0.1) is 17.1 Å². The van der Waals surface area contributed by atoms with E-state index in [0.717, 1.165) is 31.9 Å². The van der Waals surface area contributed by atoms with E-state index < -0.39 is 0 Å². The lowest BCUT2D eigenvalue weighted by atomic mass is 10.2. The van der Waals surface area contributed by atoms with Crippen LogP contribution in [0.25, 0.3) is 11.0 Å². The number of hydrogen-bond acceptors (Lipinski definition) is 4. The minimum absolute atomic E-state index is 0.0903. The summed E-state index contributed by atoms with van der Waals surface area (Å²) in [6.45, 7) is 4.94. The third-order valence-electron chi connectivity index (χ3n) is 5.22. The second kappa shape index (κ2) is 7.47. The van der Waals surface area contributed by atoms with Gasteiger partial charge in [-0.15, -0.1) is 0 Å². The molecule has 8 heteroatoms. The highest BCUT2D eigenvalue weighted by atomic mass is 19.1. The number of amides is 1. The third-order valence-corrected chi connectivity index (χ3v) is 5.22. The van der Waals surface area contributed by atoms with Gasteiger partial charge in [0, 0.05) is 37.6 Å². The molecule has 1 aliphatic heterocycles. The Morgan fingerprint density at radius 2 is 1.71 bits per heavy atom. The van der Waals surface area contributed by atoms with Crippen LogP contribution in [0.15, 0.2) is 47.3 Å². The molecule has 1 amide bonds. The molecule has 3 aromatic rings. The first-order valence-electron chi connectivity index (χ1n) is 9.27. The minimum atomic E-state index is -0.281. The molecule has 1 aliphatic rings. The lowest BCUT2D eigenvalue weighted by molar-refractivity contribution is -0.120. The number of halogens is 1. The zero-order valence-corrected chi connectivity index (χ0v) is 15.5. The first-order chi connectivity index (χ1) is 13.5. The van der Waals surface area contributed by atoms with Gasteiger partial charge in [0.2, 0.25) is 5.91 Å². The van der Waals surface area contributed by atoms with Crippen molar-refractivity contribution >= 4 is 28.3 Å². The average Bonchev–Trinajstić information content (AvgIpc) is 3.07. The van der Waals surface area contributed by atoms with Crippen LogP contribution < -0.4 is 15.9 Å². The van der Waals surface area contributed by atoms with Crippen LogP contribution in [0.2, 0.25) is 0 Å². The first-order valence-corrected chi connectivity index (χ1v) is 9.27. The lowest BCUT2D eigenvalue weighted by Gasteiger charge is -2.38. The van der Waals surface area contributed by atoms with Crippen molar-refractivity contribution in [3.63, 3.8) is 0 Å². The van der Waals surface area contributed by atoms with E-state index in [0.29, 0.717) is 16.7 Å². The number of rotatable bonds is 4. The molecule has 2 aromatic carbocycles. The van der Waals surface area contributed by atoms with Gasteiger partial charge in [0.25, 0.3) is 0 Å². The van der Waals surface area contributed by atoms with E-state index in [2.05, 4.69) is 25.1 Å². The van der Waals surface area contributed by atoms with E-state index in [-0.39, 0.29) is 23.5 Å². The molecule has 4 rings (SSSR count). The summed E-state index contributed by atoms with van der Waals surface area (Å²) in [5, 5.41) is 2.92. The summed E-state index contributed by atoms with van der Waals surface area (Å²) in [4.78, 5) is 33.7. The molecular formula is C20H22FN5O2. The lowest BCUT2D eigenvalue weighted by Crippen LogP contribution is -2.52. The van der Waals surface area contributed by atoms with Crippen molar-refractivity contribution in [2.75, 3.05) is 36.4 Å². The SMILES string of the molecule is CC(C(=O)Nc1ccc2[nH]c(=O)[nH]c2c1)N1CCN(c2ccc(F)cc2)CC1. The first kappa shape index (κ1) is 18.2. The number of fused-ring (bicyclic) bond motifs is 1. The van der Waals surface area contributed by atoms with Gasteiger partial charge in [-0.3, -0.25) is 9.69 Å². The molecule has 0 radical (unpaired) electrons. The van der Waals surface area contributed by atoms with Crippen LogP contribution in [-0.2, 0) is 4.79 Å². The Morgan fingerprint density at radius 1 is 1.04 bits per heavy atom. The molecule has 0 aliphatic carbocycles. The molecule has 0 spiro atoms. The van der Waals surface area contributed by atoms with Gasteiger partial charge >= 0.3 is 5.69 Å². The smallest absolute Gasteiger partial charge is 0.323 e. The molecule has 2 heterocycles. The Balaban J connectivity index is 1.36. The number of carbonyl (C=O) groups excluding carboxylic acids is 1. The maximum absolute atomic E-state index is 13.1. The van der Waals surface area contributed by atoms with Gasteiger partial charge in [-0.1, -0.05) is 0 Å². The number of aromatic nitrogens is 2. The molecule has 1 saturated heterocycles. The van der Waals surface area contributed by atoms with E-state index in [1.54, 1.807) is 30.3 Å². The van der Waals surface area contributed by atoms with Crippen molar-refractivity contribution < 1.29 is 9.18 Å². The van der Waals surface area contributed by atoms with Crippen LogP contribution in [0.4, 0.5) is 15.8 Å². The van der Waals surface area contributed by atoms with Gasteiger partial charge in [0.15, 0.2) is 0 Å². The number of aromatic amines is 2. The molecule has 146 valence electrons. The number of H-pyrrole nitrogens is 2. The van der Waals surface area contributed by atoms with E-state index in [1.807, 2.05) is 6.92 Å². The quantitative estimate of drug-likeness (QED) is 0.645. The average molecular weight is 383 g/mol. The van der Waals surface area contributed by atoms with E-state index in [1.165, 1.54) is 12.1 Å². The normalized spacial score (nSPS) is 16.3. The van der Waals surface area contributed by atoms with Crippen LogP contribution in [0.1, 0.15) is 6.92 Å². The maximum atomic E-state index is 13.1. The number of nitrogens with one attached hydrogen (secondary N) is 3. The Hall–Kier alpha value is -3.13. The molecule has 3 N–H and O–H groups in total. The molecule has 1 fully saturated rings. The Kier molecular flexibility index (Phi) is 4.87. The summed E-state index contributed by atoms with van der Waals surface area (Å²) in [7, 11) is 0. The van der Waals surface area contributed by atoms with Crippen molar-refractivity contribution in [2.45, 2.75) is 13.0 Å². The summed E-state index contributed by atoms with van der Waals surface area (Å²) >= 11 is 0. The fourth-order valence-electron chi connectivity index (χ4n) is 3.54. The standard InChI is InChI=1S/C20H22FN5O2/c1-13(19(27)22-15-4-7-17-18(12-15)24-20(28)23-17)25-8-10-26(11-9-25)16-5-2-14(21)3-6-16/h2-7,12-13H,8-11H2,1H3,(H,22,27)(H2,23,24,28). The highest BCUT2D eigenvalue weighted by Gasteiger charge is 2.25. The number of anilines is 2. The van der Waals surface area contributed by atoms with Crippen LogP contribution in [0, 0.1) is 5.82 Å². The summed E-state index contributed by atoms with van der Waals surface area (Å²) in [6.07, 6.45) is 0. The summed E-state index contributed by atoms with van der Waals surface area (Å²) in [6, 6.07) is 11.5. The molecule has 1 unspecified atom stereocenters. The van der Waals surface area contributed by atoms with E-state index in [4.69, 9.17) is 0 Å². The van der Waals surface area contributed by atoms with Gasteiger partial charge in [-0.05, 0) is 49.4 Å². The topological polar surface area (TPSA) is 84.2 Å². The van der Waals surface area contributed by atoms with Gasteiger partial charge in [-0.25, -0.2) is 9.18 Å². The highest BCUT2D eigenvalue weighted by molar-refractivity contribution is 5.96. The number of benzene rings is 2. The van der Waals surface area contributed by atoms with Crippen molar-refractivity contribution in [3.8, 4) is 0 Å². The summed E-state index contributed by atoms with van der Waals surface area (Å²) < 4.78 is 13.1. The highest BCUT2D eigenvalue weighted by Crippen LogP contribution is 2.19. The zero-order valence-electron chi connectivity index (χ0n) is 15.5. The van der Waals surface area contributed by atoms with Crippen molar-refractivity contribution in [3.05, 3.63) is 58.8 Å². The summed E-state index contributed by atoms with van der Waals surface area (Å²) in [5.41, 5.74) is 2.72.